The summed E-state index contributed by atoms with van der Waals surface area (Å²) in [5.41, 5.74) is 1.32. The topological polar surface area (TPSA) is 94.9 Å². The third-order valence-corrected chi connectivity index (χ3v) is 4.23. The van der Waals surface area contributed by atoms with Crippen LogP contribution < -0.4 is 0 Å². The van der Waals surface area contributed by atoms with Gasteiger partial charge in [0.2, 0.25) is 5.90 Å². The molecule has 7 nitrogen and oxygen atoms in total. The first-order valence-electron chi connectivity index (χ1n) is 8.13. The lowest BCUT2D eigenvalue weighted by Gasteiger charge is -1.98. The Labute approximate surface area is 163 Å². The first-order chi connectivity index (χ1) is 13.5. The van der Waals surface area contributed by atoms with Crippen LogP contribution >= 0.6 is 11.6 Å². The Morgan fingerprint density at radius 3 is 2.32 bits per heavy atom. The minimum Gasteiger partial charge on any atom is -0.457 e. The van der Waals surface area contributed by atoms with Gasteiger partial charge in [0, 0.05) is 34.4 Å². The van der Waals surface area contributed by atoms with Gasteiger partial charge in [-0.1, -0.05) is 11.6 Å². The number of nitro benzene ring substituents is 1. The quantitative estimate of drug-likeness (QED) is 0.273. The van der Waals surface area contributed by atoms with E-state index in [0.29, 0.717) is 22.1 Å². The summed E-state index contributed by atoms with van der Waals surface area (Å²) in [4.78, 5) is 26.5. The molecule has 0 atom stereocenters. The molecule has 0 fully saturated rings. The highest BCUT2D eigenvalue weighted by molar-refractivity contribution is 6.30. The first-order valence-corrected chi connectivity index (χ1v) is 8.50. The summed E-state index contributed by atoms with van der Waals surface area (Å²) < 4.78 is 10.9. The molecule has 0 bridgehead atoms. The summed E-state index contributed by atoms with van der Waals surface area (Å²) in [6.45, 7) is 0. The molecule has 0 aliphatic carbocycles. The molecule has 138 valence electrons. The fraction of sp³-hybridized carbons (Fsp3) is 0. The van der Waals surface area contributed by atoms with Crippen molar-refractivity contribution < 1.29 is 18.9 Å². The van der Waals surface area contributed by atoms with Crippen LogP contribution in [0.15, 0.2) is 75.8 Å². The van der Waals surface area contributed by atoms with Crippen LogP contribution in [0.4, 0.5) is 5.69 Å². The van der Waals surface area contributed by atoms with E-state index in [2.05, 4.69) is 4.99 Å². The van der Waals surface area contributed by atoms with Gasteiger partial charge in [-0.2, -0.15) is 0 Å². The Balaban J connectivity index is 1.58. The predicted molar refractivity (Wildman–Crippen MR) is 103 cm³/mol. The molecule has 4 rings (SSSR count). The van der Waals surface area contributed by atoms with E-state index in [9.17, 15) is 14.9 Å². The molecular weight excluding hydrogens is 384 g/mol. The zero-order valence-electron chi connectivity index (χ0n) is 14.2. The lowest BCUT2D eigenvalue weighted by Crippen LogP contribution is -2.05. The molecule has 0 radical (unpaired) electrons. The van der Waals surface area contributed by atoms with Crippen molar-refractivity contribution in [3.05, 3.63) is 92.8 Å². The molecule has 1 aliphatic heterocycles. The van der Waals surface area contributed by atoms with Gasteiger partial charge < -0.3 is 9.15 Å². The molecular formula is C20H11ClN2O5. The third kappa shape index (κ3) is 3.56. The SMILES string of the molecule is O=C1OC(c2ccc([N+](=O)[O-])cc2)=N/C1=C\c1ccc(-c2ccc(Cl)cc2)o1. The summed E-state index contributed by atoms with van der Waals surface area (Å²) in [5.74, 6) is 0.508. The van der Waals surface area contributed by atoms with Crippen molar-refractivity contribution in [1.29, 1.82) is 0 Å². The van der Waals surface area contributed by atoms with Crippen molar-refractivity contribution in [2.24, 2.45) is 4.99 Å². The van der Waals surface area contributed by atoms with Crippen molar-refractivity contribution in [1.82, 2.24) is 0 Å². The highest BCUT2D eigenvalue weighted by Crippen LogP contribution is 2.26. The van der Waals surface area contributed by atoms with Gasteiger partial charge in [0.25, 0.3) is 5.69 Å². The molecule has 3 aromatic rings. The number of nitrogens with zero attached hydrogens (tertiary/aromatic N) is 2. The van der Waals surface area contributed by atoms with Crippen LogP contribution in [0.1, 0.15) is 11.3 Å². The molecule has 0 amide bonds. The minimum absolute atomic E-state index is 0.0604. The molecule has 8 heteroatoms. The van der Waals surface area contributed by atoms with E-state index >= 15 is 0 Å². The van der Waals surface area contributed by atoms with Crippen LogP contribution in [-0.4, -0.2) is 16.8 Å². The van der Waals surface area contributed by atoms with Gasteiger partial charge in [-0.05, 0) is 48.5 Å². The van der Waals surface area contributed by atoms with Gasteiger partial charge in [-0.15, -0.1) is 0 Å². The van der Waals surface area contributed by atoms with Crippen LogP contribution in [0.3, 0.4) is 0 Å². The van der Waals surface area contributed by atoms with Crippen LogP contribution in [-0.2, 0) is 9.53 Å². The van der Waals surface area contributed by atoms with Gasteiger partial charge in [0.15, 0.2) is 5.70 Å². The van der Waals surface area contributed by atoms with Crippen LogP contribution in [0.5, 0.6) is 0 Å². The normalized spacial score (nSPS) is 14.8. The monoisotopic (exact) mass is 394 g/mol. The van der Waals surface area contributed by atoms with Crippen molar-refractivity contribution in [3.8, 4) is 11.3 Å². The molecule has 1 aromatic heterocycles. The number of carbonyl (C=O) groups excluding carboxylic acids is 1. The van der Waals surface area contributed by atoms with E-state index in [1.165, 1.54) is 30.3 Å². The molecule has 28 heavy (non-hydrogen) atoms. The Morgan fingerprint density at radius 1 is 0.964 bits per heavy atom. The molecule has 0 N–H and O–H groups in total. The number of hydrogen-bond donors (Lipinski definition) is 0. The second kappa shape index (κ2) is 7.13. The predicted octanol–water partition coefficient (Wildman–Crippen LogP) is 4.85. The van der Waals surface area contributed by atoms with E-state index in [0.717, 1.165) is 5.56 Å². The Kier molecular flexibility index (Phi) is 4.50. The zero-order valence-corrected chi connectivity index (χ0v) is 14.9. The summed E-state index contributed by atoms with van der Waals surface area (Å²) in [6, 6.07) is 16.2. The van der Waals surface area contributed by atoms with Crippen LogP contribution in [0.2, 0.25) is 5.02 Å². The second-order valence-corrected chi connectivity index (χ2v) is 6.29. The van der Waals surface area contributed by atoms with Crippen LogP contribution in [0.25, 0.3) is 17.4 Å². The fourth-order valence-corrected chi connectivity index (χ4v) is 2.72. The number of esters is 1. The lowest BCUT2D eigenvalue weighted by molar-refractivity contribution is -0.384. The van der Waals surface area contributed by atoms with Crippen molar-refractivity contribution in [2.45, 2.75) is 0 Å². The number of hydrogen-bond acceptors (Lipinski definition) is 6. The number of nitro groups is 1. The first kappa shape index (κ1) is 17.7. The van der Waals surface area contributed by atoms with Gasteiger partial charge in [-0.25, -0.2) is 9.79 Å². The smallest absolute Gasteiger partial charge is 0.363 e. The number of carbonyl (C=O) groups is 1. The largest absolute Gasteiger partial charge is 0.457 e. The number of benzene rings is 2. The Bertz CT molecular complexity index is 1130. The average Bonchev–Trinajstić information content (AvgIpc) is 3.30. The van der Waals surface area contributed by atoms with Gasteiger partial charge in [0.05, 0.1) is 4.92 Å². The molecule has 2 aromatic carbocycles. The van der Waals surface area contributed by atoms with Crippen molar-refractivity contribution in [2.75, 3.05) is 0 Å². The summed E-state index contributed by atoms with van der Waals surface area (Å²) in [7, 11) is 0. The molecule has 0 spiro atoms. The number of aliphatic imine (C=N–C) groups is 1. The summed E-state index contributed by atoms with van der Waals surface area (Å²) in [5, 5.41) is 11.4. The highest BCUT2D eigenvalue weighted by Gasteiger charge is 2.25. The number of cyclic esters (lactones) is 1. The fourth-order valence-electron chi connectivity index (χ4n) is 2.59. The number of rotatable bonds is 4. The maximum Gasteiger partial charge on any atom is 0.363 e. The standard InChI is InChI=1S/C20H11ClN2O5/c21-14-5-1-12(2-6-14)18-10-9-16(27-18)11-17-20(24)28-19(22-17)13-3-7-15(8-4-13)23(25)26/h1-11H/b17-11-. The van der Waals surface area contributed by atoms with E-state index in [4.69, 9.17) is 20.8 Å². The average molecular weight is 395 g/mol. The van der Waals surface area contributed by atoms with Crippen molar-refractivity contribution >= 4 is 35.2 Å². The third-order valence-electron chi connectivity index (χ3n) is 3.98. The van der Waals surface area contributed by atoms with E-state index in [1.54, 1.807) is 24.3 Å². The van der Waals surface area contributed by atoms with Crippen LogP contribution in [0, 0.1) is 10.1 Å². The number of furan rings is 1. The molecule has 1 aliphatic rings. The summed E-state index contributed by atoms with van der Waals surface area (Å²) >= 11 is 5.88. The zero-order chi connectivity index (χ0) is 19.7. The van der Waals surface area contributed by atoms with Crippen molar-refractivity contribution in [3.63, 3.8) is 0 Å². The molecule has 0 unspecified atom stereocenters. The number of halogens is 1. The number of ether oxygens (including phenoxy) is 1. The maximum absolute atomic E-state index is 12.1. The number of non-ortho nitro benzene ring substituents is 1. The van der Waals surface area contributed by atoms with E-state index < -0.39 is 10.9 Å². The van der Waals surface area contributed by atoms with E-state index in [1.807, 2.05) is 12.1 Å². The van der Waals surface area contributed by atoms with Gasteiger partial charge >= 0.3 is 5.97 Å². The maximum atomic E-state index is 12.1. The molecule has 0 saturated heterocycles. The molecule has 0 saturated carbocycles. The highest BCUT2D eigenvalue weighted by atomic mass is 35.5. The minimum atomic E-state index is -0.627. The van der Waals surface area contributed by atoms with E-state index in [-0.39, 0.29) is 17.3 Å². The lowest BCUT2D eigenvalue weighted by atomic mass is 10.2. The van der Waals surface area contributed by atoms with Gasteiger partial charge in [0.1, 0.15) is 11.5 Å². The molecule has 2 heterocycles. The van der Waals surface area contributed by atoms with Gasteiger partial charge in [-0.3, -0.25) is 10.1 Å². The second-order valence-electron chi connectivity index (χ2n) is 5.85. The summed E-state index contributed by atoms with van der Waals surface area (Å²) in [6.07, 6.45) is 1.47. The Morgan fingerprint density at radius 2 is 1.64 bits per heavy atom. The Hall–Kier alpha value is -3.71.